The van der Waals surface area contributed by atoms with E-state index in [1.54, 1.807) is 5.57 Å². The Morgan fingerprint density at radius 3 is 1.54 bits per heavy atom. The molecule has 2 heterocycles. The molecule has 0 saturated carbocycles. The second-order valence-electron chi connectivity index (χ2n) is 8.34. The molecule has 0 radical (unpaired) electrons. The van der Waals surface area contributed by atoms with Crippen molar-refractivity contribution in [1.82, 2.24) is 9.80 Å². The molecular weight excluding hydrogens is 316 g/mol. The van der Waals surface area contributed by atoms with E-state index in [4.69, 9.17) is 0 Å². The SMILES string of the molecule is CC.CC.CC(C)C1=CCN(C(C)C)C1.CC(C)C1CCN(C(C)C)C1. The maximum atomic E-state index is 2.59. The third-order valence-electron chi connectivity index (χ3n) is 5.37. The average molecular weight is 369 g/mol. The van der Waals surface area contributed by atoms with Gasteiger partial charge in [-0.2, -0.15) is 0 Å². The molecule has 2 rings (SSSR count). The van der Waals surface area contributed by atoms with Crippen LogP contribution in [0, 0.1) is 17.8 Å². The van der Waals surface area contributed by atoms with Gasteiger partial charge in [-0.15, -0.1) is 0 Å². The Bertz CT molecular complexity index is 320. The molecule has 2 aliphatic heterocycles. The summed E-state index contributed by atoms with van der Waals surface area (Å²) in [7, 11) is 0. The Morgan fingerprint density at radius 2 is 1.31 bits per heavy atom. The molecule has 1 unspecified atom stereocenters. The van der Waals surface area contributed by atoms with Crippen molar-refractivity contribution in [3.63, 3.8) is 0 Å². The maximum Gasteiger partial charge on any atom is 0.0201 e. The van der Waals surface area contributed by atoms with Crippen molar-refractivity contribution in [3.05, 3.63) is 11.6 Å². The van der Waals surface area contributed by atoms with E-state index in [1.807, 2.05) is 27.7 Å². The molecule has 0 aliphatic carbocycles. The van der Waals surface area contributed by atoms with Crippen molar-refractivity contribution in [2.75, 3.05) is 26.2 Å². The Labute approximate surface area is 167 Å². The second-order valence-corrected chi connectivity index (χ2v) is 8.34. The summed E-state index contributed by atoms with van der Waals surface area (Å²) in [5.74, 6) is 2.56. The zero-order chi connectivity index (χ0) is 20.9. The van der Waals surface area contributed by atoms with E-state index in [-0.39, 0.29) is 0 Å². The Morgan fingerprint density at radius 1 is 0.808 bits per heavy atom. The van der Waals surface area contributed by atoms with Gasteiger partial charge < -0.3 is 4.90 Å². The zero-order valence-electron chi connectivity index (χ0n) is 20.4. The standard InChI is InChI=1S/C10H21N.C10H19N.2C2H6/c2*1-8(2)10-5-6-11(7-10)9(3)4;2*1-2/h8-10H,5-7H2,1-4H3;5,8-9H,6-7H2,1-4H3;2*1-2H3. The minimum absolute atomic E-state index is 0.697. The lowest BCUT2D eigenvalue weighted by Gasteiger charge is -2.21. The van der Waals surface area contributed by atoms with Gasteiger partial charge in [-0.25, -0.2) is 0 Å². The molecule has 0 aromatic heterocycles. The van der Waals surface area contributed by atoms with E-state index in [1.165, 1.54) is 26.1 Å². The fourth-order valence-electron chi connectivity index (χ4n) is 3.24. The van der Waals surface area contributed by atoms with Crippen molar-refractivity contribution in [2.45, 2.75) is 102 Å². The number of hydrogen-bond acceptors (Lipinski definition) is 2. The van der Waals surface area contributed by atoms with Crippen LogP contribution in [0.3, 0.4) is 0 Å². The fourth-order valence-corrected chi connectivity index (χ4v) is 3.24. The first-order chi connectivity index (χ1) is 12.2. The topological polar surface area (TPSA) is 6.48 Å². The largest absolute Gasteiger partial charge is 0.301 e. The second kappa shape index (κ2) is 15.7. The van der Waals surface area contributed by atoms with Gasteiger partial charge in [-0.1, -0.05) is 67.0 Å². The summed E-state index contributed by atoms with van der Waals surface area (Å²) in [6, 6.07) is 1.45. The summed E-state index contributed by atoms with van der Waals surface area (Å²) in [6.45, 7) is 31.3. The molecule has 1 atom stereocenters. The quantitative estimate of drug-likeness (QED) is 0.508. The van der Waals surface area contributed by atoms with Crippen LogP contribution in [0.5, 0.6) is 0 Å². The minimum atomic E-state index is 0.697. The van der Waals surface area contributed by atoms with E-state index in [0.29, 0.717) is 6.04 Å². The normalized spacial score (nSPS) is 20.5. The molecule has 0 spiro atoms. The highest BCUT2D eigenvalue weighted by Gasteiger charge is 2.25. The van der Waals surface area contributed by atoms with E-state index in [0.717, 1.165) is 30.3 Å². The fraction of sp³-hybridized carbons (Fsp3) is 0.917. The van der Waals surface area contributed by atoms with Crippen molar-refractivity contribution in [1.29, 1.82) is 0 Å². The van der Waals surface area contributed by atoms with Crippen LogP contribution in [0.1, 0.15) is 89.5 Å². The van der Waals surface area contributed by atoms with E-state index in [9.17, 15) is 0 Å². The monoisotopic (exact) mass is 368 g/mol. The Balaban J connectivity index is 0. The first-order valence-corrected chi connectivity index (χ1v) is 11.4. The molecule has 0 bridgehead atoms. The summed E-state index contributed by atoms with van der Waals surface area (Å²) in [5.41, 5.74) is 1.61. The third-order valence-corrected chi connectivity index (χ3v) is 5.37. The van der Waals surface area contributed by atoms with Crippen LogP contribution in [-0.4, -0.2) is 48.1 Å². The van der Waals surface area contributed by atoms with Gasteiger partial charge in [0.25, 0.3) is 0 Å². The van der Waals surface area contributed by atoms with E-state index >= 15 is 0 Å². The molecule has 158 valence electrons. The molecule has 2 nitrogen and oxygen atoms in total. The predicted molar refractivity (Wildman–Crippen MR) is 122 cm³/mol. The van der Waals surface area contributed by atoms with Gasteiger partial charge in [-0.3, -0.25) is 4.90 Å². The minimum Gasteiger partial charge on any atom is -0.301 e. The first kappa shape index (κ1) is 27.9. The van der Waals surface area contributed by atoms with Crippen LogP contribution < -0.4 is 0 Å². The van der Waals surface area contributed by atoms with Gasteiger partial charge in [0.1, 0.15) is 0 Å². The van der Waals surface area contributed by atoms with Crippen molar-refractivity contribution >= 4 is 0 Å². The summed E-state index contributed by atoms with van der Waals surface area (Å²) in [4.78, 5) is 5.08. The van der Waals surface area contributed by atoms with Crippen LogP contribution in [0.25, 0.3) is 0 Å². The number of likely N-dealkylation sites (tertiary alicyclic amines) is 1. The summed E-state index contributed by atoms with van der Waals surface area (Å²) in [6.07, 6.45) is 3.79. The van der Waals surface area contributed by atoms with E-state index < -0.39 is 0 Å². The van der Waals surface area contributed by atoms with Crippen LogP contribution in [0.15, 0.2) is 11.6 Å². The summed E-state index contributed by atoms with van der Waals surface area (Å²) < 4.78 is 0. The molecule has 0 aromatic rings. The van der Waals surface area contributed by atoms with E-state index in [2.05, 4.69) is 71.3 Å². The zero-order valence-corrected chi connectivity index (χ0v) is 20.4. The van der Waals surface area contributed by atoms with Gasteiger partial charge in [0.2, 0.25) is 0 Å². The lowest BCUT2D eigenvalue weighted by molar-refractivity contribution is 0.253. The van der Waals surface area contributed by atoms with Crippen molar-refractivity contribution < 1.29 is 0 Å². The average Bonchev–Trinajstić information content (AvgIpc) is 3.29. The van der Waals surface area contributed by atoms with Crippen LogP contribution >= 0.6 is 0 Å². The van der Waals surface area contributed by atoms with Crippen molar-refractivity contribution in [3.8, 4) is 0 Å². The Hall–Kier alpha value is -0.340. The Kier molecular flexibility index (Phi) is 16.8. The molecule has 2 heteroatoms. The third kappa shape index (κ3) is 10.7. The number of hydrogen-bond donors (Lipinski definition) is 0. The first-order valence-electron chi connectivity index (χ1n) is 11.4. The van der Waals surface area contributed by atoms with Crippen LogP contribution in [-0.2, 0) is 0 Å². The molecule has 26 heavy (non-hydrogen) atoms. The molecular formula is C24H52N2. The van der Waals surface area contributed by atoms with Gasteiger partial charge in [0.15, 0.2) is 0 Å². The van der Waals surface area contributed by atoms with Crippen LogP contribution in [0.2, 0.25) is 0 Å². The lowest BCUT2D eigenvalue weighted by atomic mass is 9.95. The molecule has 0 aromatic carbocycles. The highest BCUT2D eigenvalue weighted by atomic mass is 15.2. The molecule has 2 aliphatic rings. The van der Waals surface area contributed by atoms with Crippen molar-refractivity contribution in [2.24, 2.45) is 17.8 Å². The highest BCUT2D eigenvalue weighted by Crippen LogP contribution is 2.24. The van der Waals surface area contributed by atoms with Gasteiger partial charge in [-0.05, 0) is 58.4 Å². The molecule has 0 amide bonds. The smallest absolute Gasteiger partial charge is 0.0201 e. The molecule has 1 saturated heterocycles. The summed E-state index contributed by atoms with van der Waals surface area (Å²) >= 11 is 0. The van der Waals surface area contributed by atoms with Gasteiger partial charge >= 0.3 is 0 Å². The van der Waals surface area contributed by atoms with Gasteiger partial charge in [0, 0.05) is 31.7 Å². The number of rotatable bonds is 4. The molecule has 1 fully saturated rings. The van der Waals surface area contributed by atoms with Gasteiger partial charge in [0.05, 0.1) is 0 Å². The maximum absolute atomic E-state index is 2.59. The van der Waals surface area contributed by atoms with Crippen LogP contribution in [0.4, 0.5) is 0 Å². The summed E-state index contributed by atoms with van der Waals surface area (Å²) in [5, 5.41) is 0. The lowest BCUT2D eigenvalue weighted by Crippen LogP contribution is -2.28. The predicted octanol–water partition coefficient (Wildman–Crippen LogP) is 6.72. The highest BCUT2D eigenvalue weighted by molar-refractivity contribution is 5.14. The molecule has 0 N–H and O–H groups in total. The number of nitrogens with zero attached hydrogens (tertiary/aromatic N) is 2.